The van der Waals surface area contributed by atoms with Gasteiger partial charge in [-0.15, -0.1) is 0 Å². The van der Waals surface area contributed by atoms with Gasteiger partial charge in [-0.2, -0.15) is 8.42 Å². The number of fused-ring (bicyclic) bond motifs is 1. The lowest BCUT2D eigenvalue weighted by Gasteiger charge is -2.21. The molecule has 1 aliphatic rings. The van der Waals surface area contributed by atoms with Crippen molar-refractivity contribution in [2.24, 2.45) is 5.92 Å². The van der Waals surface area contributed by atoms with Crippen LogP contribution in [0.25, 0.3) is 0 Å². The first-order valence-corrected chi connectivity index (χ1v) is 10.4. The third-order valence-electron chi connectivity index (χ3n) is 4.78. The van der Waals surface area contributed by atoms with Crippen LogP contribution in [0.3, 0.4) is 0 Å². The molecule has 0 heterocycles. The fourth-order valence-corrected chi connectivity index (χ4v) is 3.98. The molecule has 0 aromatic heterocycles. The summed E-state index contributed by atoms with van der Waals surface area (Å²) in [4.78, 5) is 0. The summed E-state index contributed by atoms with van der Waals surface area (Å²) in [6.07, 6.45) is 5.17. The Labute approximate surface area is 155 Å². The first-order valence-electron chi connectivity index (χ1n) is 8.58. The Morgan fingerprint density at radius 2 is 1.23 bits per heavy atom. The lowest BCUT2D eigenvalue weighted by Crippen LogP contribution is -2.09. The second-order valence-electron chi connectivity index (χ2n) is 6.35. The van der Waals surface area contributed by atoms with E-state index in [-0.39, 0.29) is 6.61 Å². The number of rotatable bonds is 8. The Kier molecular flexibility index (Phi) is 7.00. The van der Waals surface area contributed by atoms with Crippen LogP contribution in [0.15, 0.2) is 0 Å². The number of ether oxygens (including phenoxy) is 4. The summed E-state index contributed by atoms with van der Waals surface area (Å²) in [6.45, 7) is 0.209. The van der Waals surface area contributed by atoms with Gasteiger partial charge in [0, 0.05) is 11.1 Å². The zero-order valence-electron chi connectivity index (χ0n) is 16.1. The van der Waals surface area contributed by atoms with Gasteiger partial charge in [0.2, 0.25) is 11.5 Å². The van der Waals surface area contributed by atoms with Crippen molar-refractivity contribution in [3.8, 4) is 23.0 Å². The van der Waals surface area contributed by atoms with E-state index in [1.54, 1.807) is 28.4 Å². The summed E-state index contributed by atoms with van der Waals surface area (Å²) in [7, 11) is 2.99. The first-order chi connectivity index (χ1) is 12.4. The van der Waals surface area contributed by atoms with Crippen LogP contribution in [0.2, 0.25) is 0 Å². The van der Waals surface area contributed by atoms with Crippen LogP contribution in [0.1, 0.15) is 30.4 Å². The maximum Gasteiger partial charge on any atom is 0.264 e. The highest BCUT2D eigenvalue weighted by Gasteiger charge is 2.29. The van der Waals surface area contributed by atoms with E-state index in [2.05, 4.69) is 0 Å². The largest absolute Gasteiger partial charge is 0.492 e. The minimum absolute atomic E-state index is 0.209. The van der Waals surface area contributed by atoms with Gasteiger partial charge in [0.15, 0.2) is 11.5 Å². The van der Waals surface area contributed by atoms with E-state index in [1.165, 1.54) is 0 Å². The summed E-state index contributed by atoms with van der Waals surface area (Å²) >= 11 is 0. The van der Waals surface area contributed by atoms with Crippen molar-refractivity contribution in [3.63, 3.8) is 0 Å². The molecule has 1 aliphatic carbocycles. The van der Waals surface area contributed by atoms with Crippen LogP contribution in [0.4, 0.5) is 0 Å². The number of hydrogen-bond acceptors (Lipinski definition) is 7. The Bertz CT molecular complexity index is 685. The molecule has 0 fully saturated rings. The quantitative estimate of drug-likeness (QED) is 0.500. The monoisotopic (exact) mass is 388 g/mol. The van der Waals surface area contributed by atoms with Gasteiger partial charge in [0.05, 0.1) is 41.3 Å². The van der Waals surface area contributed by atoms with Gasteiger partial charge in [-0.25, -0.2) is 0 Å². The Hall–Kier alpha value is -1.67. The zero-order valence-corrected chi connectivity index (χ0v) is 16.9. The molecule has 0 unspecified atom stereocenters. The summed E-state index contributed by atoms with van der Waals surface area (Å²) in [5.74, 6) is 2.77. The second kappa shape index (κ2) is 8.81. The van der Waals surface area contributed by atoms with Gasteiger partial charge < -0.3 is 18.9 Å². The Morgan fingerprint density at radius 1 is 0.808 bits per heavy atom. The lowest BCUT2D eigenvalue weighted by atomic mass is 9.96. The molecule has 8 heteroatoms. The minimum Gasteiger partial charge on any atom is -0.492 e. The zero-order chi connectivity index (χ0) is 19.3. The van der Waals surface area contributed by atoms with Gasteiger partial charge in [0.25, 0.3) is 10.1 Å². The van der Waals surface area contributed by atoms with Crippen molar-refractivity contribution in [1.82, 2.24) is 0 Å². The normalized spacial score (nSPS) is 15.1. The number of benzene rings is 1. The van der Waals surface area contributed by atoms with E-state index in [9.17, 15) is 8.42 Å². The maximum atomic E-state index is 11.1. The van der Waals surface area contributed by atoms with Gasteiger partial charge in [0.1, 0.15) is 0 Å². The van der Waals surface area contributed by atoms with Crippen LogP contribution in [0.5, 0.6) is 23.0 Å². The van der Waals surface area contributed by atoms with Crippen molar-refractivity contribution < 1.29 is 31.5 Å². The Morgan fingerprint density at radius 3 is 1.58 bits per heavy atom. The third kappa shape index (κ3) is 4.54. The highest BCUT2D eigenvalue weighted by molar-refractivity contribution is 7.85. The maximum absolute atomic E-state index is 11.1. The molecule has 0 atom stereocenters. The highest BCUT2D eigenvalue weighted by Crippen LogP contribution is 2.51. The molecule has 26 heavy (non-hydrogen) atoms. The van der Waals surface area contributed by atoms with Gasteiger partial charge in [-0.05, 0) is 38.0 Å². The fourth-order valence-electron chi connectivity index (χ4n) is 3.58. The van der Waals surface area contributed by atoms with Gasteiger partial charge in [-0.3, -0.25) is 4.18 Å². The number of methoxy groups -OCH3 is 4. The highest BCUT2D eigenvalue weighted by atomic mass is 32.2. The summed E-state index contributed by atoms with van der Waals surface area (Å²) in [6, 6.07) is 0. The van der Waals surface area contributed by atoms with Crippen LogP contribution in [-0.4, -0.2) is 49.7 Å². The first kappa shape index (κ1) is 20.6. The predicted octanol–water partition coefficient (Wildman–Crippen LogP) is 2.58. The molecule has 148 valence electrons. The molecule has 0 spiro atoms. The molecule has 0 radical (unpaired) electrons. The van der Waals surface area contributed by atoms with Crippen LogP contribution in [0, 0.1) is 5.92 Å². The molecule has 1 aromatic carbocycles. The van der Waals surface area contributed by atoms with E-state index in [0.717, 1.165) is 43.1 Å². The van der Waals surface area contributed by atoms with Crippen molar-refractivity contribution >= 4 is 10.1 Å². The molecule has 0 bridgehead atoms. The molecule has 0 saturated carbocycles. The van der Waals surface area contributed by atoms with E-state index < -0.39 is 10.1 Å². The molecule has 0 saturated heterocycles. The van der Waals surface area contributed by atoms with Crippen molar-refractivity contribution in [3.05, 3.63) is 11.1 Å². The molecular weight excluding hydrogens is 360 g/mol. The van der Waals surface area contributed by atoms with E-state index in [4.69, 9.17) is 23.1 Å². The van der Waals surface area contributed by atoms with Gasteiger partial charge >= 0.3 is 0 Å². The summed E-state index contributed by atoms with van der Waals surface area (Å²) in [5, 5.41) is 0. The van der Waals surface area contributed by atoms with E-state index in [1.807, 2.05) is 0 Å². The van der Waals surface area contributed by atoms with Crippen LogP contribution < -0.4 is 18.9 Å². The smallest absolute Gasteiger partial charge is 0.264 e. The van der Waals surface area contributed by atoms with E-state index >= 15 is 0 Å². The molecule has 0 N–H and O–H groups in total. The average Bonchev–Trinajstić information content (AvgIpc) is 2.81. The van der Waals surface area contributed by atoms with Crippen molar-refractivity contribution in [2.75, 3.05) is 41.3 Å². The molecule has 0 amide bonds. The van der Waals surface area contributed by atoms with Crippen LogP contribution >= 0.6 is 0 Å². The molecule has 7 nitrogen and oxygen atoms in total. The summed E-state index contributed by atoms with van der Waals surface area (Å²) in [5.41, 5.74) is 2.13. The lowest BCUT2D eigenvalue weighted by molar-refractivity contribution is 0.273. The third-order valence-corrected chi connectivity index (χ3v) is 5.37. The van der Waals surface area contributed by atoms with E-state index in [0.29, 0.717) is 35.3 Å². The standard InChI is InChI=1S/C18H28O7S/c1-21-15-13-8-6-12(10-11-25-26(5,19)20)7-9-14(13)16(22-2)18(24-4)17(15)23-3/h12H,6-11H2,1-5H3. The molecule has 2 rings (SSSR count). The van der Waals surface area contributed by atoms with Gasteiger partial charge in [-0.1, -0.05) is 0 Å². The molecule has 0 aliphatic heterocycles. The van der Waals surface area contributed by atoms with Crippen LogP contribution in [-0.2, 0) is 27.1 Å². The molecular formula is C18H28O7S. The van der Waals surface area contributed by atoms with Crippen molar-refractivity contribution in [1.29, 1.82) is 0 Å². The molecule has 1 aromatic rings. The predicted molar refractivity (Wildman–Crippen MR) is 98.2 cm³/mol. The average molecular weight is 388 g/mol. The number of hydrogen-bond donors (Lipinski definition) is 0. The SMILES string of the molecule is COc1c2c(c(OC)c(OC)c1OC)CCC(CCOS(C)(=O)=O)CC2. The summed E-state index contributed by atoms with van der Waals surface area (Å²) < 4.78 is 49.5. The second-order valence-corrected chi connectivity index (χ2v) is 7.99. The van der Waals surface area contributed by atoms with Crippen molar-refractivity contribution in [2.45, 2.75) is 32.1 Å². The fraction of sp³-hybridized carbons (Fsp3) is 0.667. The topological polar surface area (TPSA) is 80.3 Å². The Balaban J connectivity index is 2.30. The minimum atomic E-state index is -3.40.